The number of methoxy groups -OCH3 is 1. The van der Waals surface area contributed by atoms with E-state index in [1.165, 1.54) is 21.1 Å². The van der Waals surface area contributed by atoms with Crippen LogP contribution in [0.15, 0.2) is 0 Å². The number of aryl methyl sites for hydroxylation is 2. The van der Waals surface area contributed by atoms with E-state index >= 15 is 0 Å². The number of halogens is 3. The Morgan fingerprint density at radius 1 is 1.56 bits per heavy atom. The average Bonchev–Trinajstić information content (AvgIpc) is 2.47. The first-order chi connectivity index (χ1) is 8.18. The van der Waals surface area contributed by atoms with Gasteiger partial charge >= 0.3 is 12.1 Å². The fourth-order valence-electron chi connectivity index (χ4n) is 1.85. The molecule has 0 saturated heterocycles. The molecule has 0 aromatic carbocycles. The number of rotatable bonds is 4. The largest absolute Gasteiger partial charge is 0.481 e. The Morgan fingerprint density at radius 2 is 2.11 bits per heavy atom. The van der Waals surface area contributed by atoms with Crippen molar-refractivity contribution in [1.29, 1.82) is 0 Å². The number of nitrogens with zero attached hydrogens (tertiary/aromatic N) is 2. The smallest absolute Gasteiger partial charge is 0.396 e. The molecular formula is C10H13F3N2O3. The molecule has 0 fully saturated rings. The highest BCUT2D eigenvalue weighted by atomic mass is 19.4. The monoisotopic (exact) mass is 266 g/mol. The lowest BCUT2D eigenvalue weighted by Crippen LogP contribution is -2.24. The van der Waals surface area contributed by atoms with Gasteiger partial charge in [-0.2, -0.15) is 18.3 Å². The maximum Gasteiger partial charge on any atom is 0.396 e. The van der Waals surface area contributed by atoms with E-state index < -0.39 is 24.5 Å². The molecule has 0 aliphatic heterocycles. The van der Waals surface area contributed by atoms with Gasteiger partial charge in [0.25, 0.3) is 0 Å². The average molecular weight is 266 g/mol. The van der Waals surface area contributed by atoms with Crippen LogP contribution in [0.2, 0.25) is 0 Å². The van der Waals surface area contributed by atoms with Gasteiger partial charge in [-0.15, -0.1) is 0 Å². The van der Waals surface area contributed by atoms with Crippen LogP contribution in [-0.4, -0.2) is 34.1 Å². The van der Waals surface area contributed by atoms with Gasteiger partial charge in [0.15, 0.2) is 0 Å². The Kier molecular flexibility index (Phi) is 3.88. The van der Waals surface area contributed by atoms with E-state index in [9.17, 15) is 18.0 Å². The Morgan fingerprint density at radius 3 is 2.50 bits per heavy atom. The zero-order valence-corrected chi connectivity index (χ0v) is 10.1. The van der Waals surface area contributed by atoms with Crippen molar-refractivity contribution in [3.63, 3.8) is 0 Å². The summed E-state index contributed by atoms with van der Waals surface area (Å²) in [4.78, 5) is 10.6. The molecule has 102 valence electrons. The minimum absolute atomic E-state index is 0.0731. The third kappa shape index (κ3) is 2.74. The van der Waals surface area contributed by atoms with Crippen molar-refractivity contribution in [3.05, 3.63) is 11.3 Å². The predicted molar refractivity (Wildman–Crippen MR) is 55.5 cm³/mol. The molecule has 1 unspecified atom stereocenters. The molecule has 0 radical (unpaired) electrons. The van der Waals surface area contributed by atoms with Crippen LogP contribution in [-0.2, 0) is 11.8 Å². The van der Waals surface area contributed by atoms with E-state index in [0.717, 1.165) is 4.68 Å². The van der Waals surface area contributed by atoms with Crippen molar-refractivity contribution < 1.29 is 27.8 Å². The molecule has 1 rings (SSSR count). The summed E-state index contributed by atoms with van der Waals surface area (Å²) in [5.74, 6) is -3.72. The number of carboxylic acid groups (broad SMARTS) is 1. The molecule has 0 spiro atoms. The van der Waals surface area contributed by atoms with Crippen LogP contribution in [0.3, 0.4) is 0 Å². The third-order valence-corrected chi connectivity index (χ3v) is 2.53. The second kappa shape index (κ2) is 4.87. The fraction of sp³-hybridized carbons (Fsp3) is 0.600. The lowest BCUT2D eigenvalue weighted by Gasteiger charge is -2.19. The summed E-state index contributed by atoms with van der Waals surface area (Å²) in [6.45, 7) is 1.39. The van der Waals surface area contributed by atoms with Crippen LogP contribution >= 0.6 is 0 Å². The van der Waals surface area contributed by atoms with E-state index in [1.54, 1.807) is 0 Å². The highest BCUT2D eigenvalue weighted by Crippen LogP contribution is 2.42. The van der Waals surface area contributed by atoms with Crippen LogP contribution in [0.1, 0.15) is 23.6 Å². The van der Waals surface area contributed by atoms with Gasteiger partial charge in [-0.05, 0) is 6.92 Å². The molecule has 1 N–H and O–H groups in total. The van der Waals surface area contributed by atoms with Crippen LogP contribution in [0, 0.1) is 6.92 Å². The van der Waals surface area contributed by atoms with Gasteiger partial charge in [0.1, 0.15) is 0 Å². The first kappa shape index (κ1) is 14.3. The molecule has 1 aromatic rings. The van der Waals surface area contributed by atoms with Gasteiger partial charge in [0, 0.05) is 12.6 Å². The first-order valence-electron chi connectivity index (χ1n) is 5.04. The Bertz CT molecular complexity index is 454. The van der Waals surface area contributed by atoms with Crippen molar-refractivity contribution in [2.24, 2.45) is 7.05 Å². The second-order valence-electron chi connectivity index (χ2n) is 3.82. The molecule has 8 heteroatoms. The standard InChI is InChI=1S/C10H13F3N2O3/c1-5-8(9(18-3)15(2)14-5)6(4-7(16)17)10(11,12)13/h6H,4H2,1-3H3,(H,16,17). The predicted octanol–water partition coefficient (Wildman–Crippen LogP) is 1.86. The number of aliphatic carboxylic acids is 1. The third-order valence-electron chi connectivity index (χ3n) is 2.53. The number of carboxylic acids is 1. The van der Waals surface area contributed by atoms with Gasteiger partial charge < -0.3 is 9.84 Å². The molecule has 5 nitrogen and oxygen atoms in total. The minimum atomic E-state index is -4.67. The van der Waals surface area contributed by atoms with E-state index in [2.05, 4.69) is 5.10 Å². The molecule has 0 aliphatic carbocycles. The van der Waals surface area contributed by atoms with Crippen molar-refractivity contribution in [2.75, 3.05) is 7.11 Å². The van der Waals surface area contributed by atoms with E-state index in [-0.39, 0.29) is 17.1 Å². The van der Waals surface area contributed by atoms with Crippen molar-refractivity contribution in [1.82, 2.24) is 9.78 Å². The molecule has 1 heterocycles. The number of hydrogen-bond donors (Lipinski definition) is 1. The molecular weight excluding hydrogens is 253 g/mol. The SMILES string of the molecule is COc1c(C(CC(=O)O)C(F)(F)F)c(C)nn1C. The molecule has 0 amide bonds. The molecule has 1 atom stereocenters. The highest BCUT2D eigenvalue weighted by Gasteiger charge is 2.45. The minimum Gasteiger partial charge on any atom is -0.481 e. The summed E-state index contributed by atoms with van der Waals surface area (Å²) in [5.41, 5.74) is -0.118. The summed E-state index contributed by atoms with van der Waals surface area (Å²) >= 11 is 0. The number of aromatic nitrogens is 2. The van der Waals surface area contributed by atoms with Gasteiger partial charge in [0.2, 0.25) is 5.88 Å². The topological polar surface area (TPSA) is 64.3 Å². The van der Waals surface area contributed by atoms with Crippen molar-refractivity contribution in [3.8, 4) is 5.88 Å². The fourth-order valence-corrected chi connectivity index (χ4v) is 1.85. The van der Waals surface area contributed by atoms with E-state index in [4.69, 9.17) is 9.84 Å². The summed E-state index contributed by atoms with van der Waals surface area (Å²) in [5, 5.41) is 12.4. The van der Waals surface area contributed by atoms with E-state index in [1.807, 2.05) is 0 Å². The van der Waals surface area contributed by atoms with Crippen LogP contribution in [0.5, 0.6) is 5.88 Å². The summed E-state index contributed by atoms with van der Waals surface area (Å²) in [6, 6.07) is 0. The van der Waals surface area contributed by atoms with Gasteiger partial charge in [-0.25, -0.2) is 4.68 Å². The maximum atomic E-state index is 12.9. The van der Waals surface area contributed by atoms with Crippen LogP contribution in [0.25, 0.3) is 0 Å². The van der Waals surface area contributed by atoms with Crippen LogP contribution < -0.4 is 4.74 Å². The summed E-state index contributed by atoms with van der Waals surface area (Å²) in [6.07, 6.45) is -5.72. The Hall–Kier alpha value is -1.73. The lowest BCUT2D eigenvalue weighted by molar-refractivity contribution is -0.163. The maximum absolute atomic E-state index is 12.9. The number of carbonyl (C=O) groups is 1. The molecule has 0 aliphatic rings. The zero-order chi connectivity index (χ0) is 14.1. The molecule has 0 saturated carbocycles. The second-order valence-corrected chi connectivity index (χ2v) is 3.82. The van der Waals surface area contributed by atoms with Crippen LogP contribution in [0.4, 0.5) is 13.2 Å². The number of alkyl halides is 3. The van der Waals surface area contributed by atoms with Crippen molar-refractivity contribution >= 4 is 5.97 Å². The molecule has 18 heavy (non-hydrogen) atoms. The summed E-state index contributed by atoms with van der Waals surface area (Å²) in [7, 11) is 2.65. The zero-order valence-electron chi connectivity index (χ0n) is 10.1. The highest BCUT2D eigenvalue weighted by molar-refractivity contribution is 5.68. The molecule has 0 bridgehead atoms. The van der Waals surface area contributed by atoms with E-state index in [0.29, 0.717) is 0 Å². The first-order valence-corrected chi connectivity index (χ1v) is 5.04. The van der Waals surface area contributed by atoms with Gasteiger partial charge in [0.05, 0.1) is 25.1 Å². The molecule has 1 aromatic heterocycles. The summed E-state index contributed by atoms with van der Waals surface area (Å²) < 4.78 is 44.8. The Balaban J connectivity index is 3.33. The van der Waals surface area contributed by atoms with Crippen molar-refractivity contribution in [2.45, 2.75) is 25.4 Å². The number of ether oxygens (including phenoxy) is 1. The van der Waals surface area contributed by atoms with Gasteiger partial charge in [-0.3, -0.25) is 4.79 Å². The number of hydrogen-bond acceptors (Lipinski definition) is 3. The Labute approximate surface area is 101 Å². The normalized spacial score (nSPS) is 13.4. The van der Waals surface area contributed by atoms with Gasteiger partial charge in [-0.1, -0.05) is 0 Å². The lowest BCUT2D eigenvalue weighted by atomic mass is 9.95. The quantitative estimate of drug-likeness (QED) is 0.903.